The van der Waals surface area contributed by atoms with Crippen LogP contribution in [0.15, 0.2) is 17.0 Å². The van der Waals surface area contributed by atoms with E-state index in [1.165, 1.54) is 6.33 Å². The third kappa shape index (κ3) is 0.797. The second kappa shape index (κ2) is 2.22. The van der Waals surface area contributed by atoms with E-state index >= 15 is 0 Å². The predicted octanol–water partition coefficient (Wildman–Crippen LogP) is 0.478. The molecule has 12 heavy (non-hydrogen) atoms. The second-order valence-electron chi connectivity index (χ2n) is 2.00. The molecule has 7 nitrogen and oxygen atoms in total. The van der Waals surface area contributed by atoms with Crippen molar-refractivity contribution in [3.63, 3.8) is 0 Å². The van der Waals surface area contributed by atoms with Crippen molar-refractivity contribution in [2.24, 2.45) is 0 Å². The summed E-state index contributed by atoms with van der Waals surface area (Å²) in [5, 5.41) is 13.7. The molecule has 0 aromatic heterocycles. The number of nitrogens with zero attached hydrogens (tertiary/aromatic N) is 4. The van der Waals surface area contributed by atoms with Gasteiger partial charge in [0.25, 0.3) is 5.89 Å². The number of hydrogen-bond acceptors (Lipinski definition) is 6. The maximum atomic E-state index is 10.4. The SMILES string of the molecule is O=[N+]([O-])c1cnoc2ncnc1-2. The third-order valence-electron chi connectivity index (χ3n) is 1.32. The predicted molar refractivity (Wildman–Crippen MR) is 35.4 cm³/mol. The zero-order chi connectivity index (χ0) is 8.55. The molecule has 0 spiro atoms. The standard InChI is InChI=1S/C5H2N4O3/c10-9(11)3-1-8-12-5-4(3)6-2-7-5/h1-2H. The number of imidazole rings is 1. The average molecular weight is 166 g/mol. The van der Waals surface area contributed by atoms with Gasteiger partial charge in [-0.3, -0.25) is 10.1 Å². The van der Waals surface area contributed by atoms with Gasteiger partial charge in [0, 0.05) is 0 Å². The average Bonchev–Trinajstić information content (AvgIpc) is 2.49. The lowest BCUT2D eigenvalue weighted by molar-refractivity contribution is -0.385. The smallest absolute Gasteiger partial charge is 0.322 e. The molecule has 0 radical (unpaired) electrons. The number of aromatic nitrogens is 3. The molecule has 60 valence electrons. The molecule has 0 saturated carbocycles. The van der Waals surface area contributed by atoms with E-state index in [9.17, 15) is 10.1 Å². The Bertz CT molecular complexity index is 398. The molecule has 0 aromatic carbocycles. The van der Waals surface area contributed by atoms with Gasteiger partial charge in [0.2, 0.25) is 5.69 Å². The molecule has 0 amide bonds. The van der Waals surface area contributed by atoms with Crippen molar-refractivity contribution in [1.29, 1.82) is 0 Å². The van der Waals surface area contributed by atoms with E-state index in [0.717, 1.165) is 6.20 Å². The molecule has 0 saturated heterocycles. The first-order chi connectivity index (χ1) is 5.79. The van der Waals surface area contributed by atoms with Crippen molar-refractivity contribution < 1.29 is 9.45 Å². The Balaban J connectivity index is 2.71. The Morgan fingerprint density at radius 3 is 3.08 bits per heavy atom. The Morgan fingerprint density at radius 2 is 2.33 bits per heavy atom. The van der Waals surface area contributed by atoms with Gasteiger partial charge in [-0.25, -0.2) is 4.98 Å². The van der Waals surface area contributed by atoms with Crippen LogP contribution in [0.1, 0.15) is 0 Å². The highest BCUT2D eigenvalue weighted by Gasteiger charge is 2.22. The van der Waals surface area contributed by atoms with Crippen molar-refractivity contribution >= 4 is 5.69 Å². The minimum absolute atomic E-state index is 0.0733. The van der Waals surface area contributed by atoms with Crippen LogP contribution in [0.5, 0.6) is 0 Å². The summed E-state index contributed by atoms with van der Waals surface area (Å²) >= 11 is 0. The molecule has 0 atom stereocenters. The normalized spacial score (nSPS) is 10.3. The van der Waals surface area contributed by atoms with E-state index in [1.54, 1.807) is 0 Å². The molecule has 2 rings (SSSR count). The van der Waals surface area contributed by atoms with Gasteiger partial charge in [0.05, 0.1) is 4.92 Å². The highest BCUT2D eigenvalue weighted by atomic mass is 16.6. The Hall–Kier alpha value is -2.05. The lowest BCUT2D eigenvalue weighted by Crippen LogP contribution is -1.93. The van der Waals surface area contributed by atoms with Crippen LogP contribution in [0.3, 0.4) is 0 Å². The summed E-state index contributed by atoms with van der Waals surface area (Å²) in [5.41, 5.74) is -0.0799. The third-order valence-corrected chi connectivity index (χ3v) is 1.32. The Labute approximate surface area is 65.5 Å². The monoisotopic (exact) mass is 166 g/mol. The van der Waals surface area contributed by atoms with Gasteiger partial charge in [-0.1, -0.05) is 5.16 Å². The van der Waals surface area contributed by atoms with Crippen LogP contribution in [-0.4, -0.2) is 20.0 Å². The quantitative estimate of drug-likeness (QED) is 0.451. The zero-order valence-corrected chi connectivity index (χ0v) is 5.67. The van der Waals surface area contributed by atoms with Gasteiger partial charge >= 0.3 is 5.69 Å². The topological polar surface area (TPSA) is 95.0 Å². The van der Waals surface area contributed by atoms with Crippen LogP contribution in [0.25, 0.3) is 11.6 Å². The van der Waals surface area contributed by atoms with E-state index in [0.29, 0.717) is 0 Å². The van der Waals surface area contributed by atoms with Crippen LogP contribution in [-0.2, 0) is 0 Å². The summed E-state index contributed by atoms with van der Waals surface area (Å²) in [6.45, 7) is 0. The fourth-order valence-electron chi connectivity index (χ4n) is 0.819. The van der Waals surface area contributed by atoms with Gasteiger partial charge in [-0.05, 0) is 0 Å². The fourth-order valence-corrected chi connectivity index (χ4v) is 0.819. The molecule has 7 heteroatoms. The van der Waals surface area contributed by atoms with Crippen LogP contribution < -0.4 is 0 Å². The van der Waals surface area contributed by atoms with Gasteiger partial charge in [0.1, 0.15) is 12.5 Å². The van der Waals surface area contributed by atoms with Crippen LogP contribution in [0, 0.1) is 10.1 Å². The first kappa shape index (κ1) is 6.65. The van der Waals surface area contributed by atoms with Crippen molar-refractivity contribution in [3.05, 3.63) is 22.6 Å². The minimum Gasteiger partial charge on any atom is -0.334 e. The van der Waals surface area contributed by atoms with E-state index in [4.69, 9.17) is 0 Å². The summed E-state index contributed by atoms with van der Waals surface area (Å²) in [5.74, 6) is 0.0733. The summed E-state index contributed by atoms with van der Waals surface area (Å²) < 4.78 is 4.61. The van der Waals surface area contributed by atoms with Crippen molar-refractivity contribution in [2.45, 2.75) is 0 Å². The zero-order valence-electron chi connectivity index (χ0n) is 5.67. The number of nitro groups is 1. The first-order valence-corrected chi connectivity index (χ1v) is 2.99. The van der Waals surface area contributed by atoms with Crippen LogP contribution in [0.2, 0.25) is 0 Å². The summed E-state index contributed by atoms with van der Waals surface area (Å²) in [6.07, 6.45) is 2.18. The molecule has 0 unspecified atom stereocenters. The molecule has 0 fully saturated rings. The molecule has 0 N–H and O–H groups in total. The van der Waals surface area contributed by atoms with Crippen LogP contribution >= 0.6 is 0 Å². The number of hydrogen-bond donors (Lipinski definition) is 0. The molecule has 2 aliphatic heterocycles. The largest absolute Gasteiger partial charge is 0.334 e. The lowest BCUT2D eigenvalue weighted by atomic mass is 10.3. The molecule has 0 aliphatic carbocycles. The lowest BCUT2D eigenvalue weighted by Gasteiger charge is -1.92. The van der Waals surface area contributed by atoms with Crippen molar-refractivity contribution in [3.8, 4) is 11.6 Å². The maximum absolute atomic E-state index is 10.4. The van der Waals surface area contributed by atoms with Gasteiger partial charge in [0.15, 0.2) is 0 Å². The number of rotatable bonds is 1. The van der Waals surface area contributed by atoms with Crippen LogP contribution in [0.4, 0.5) is 5.69 Å². The molecule has 2 heterocycles. The Morgan fingerprint density at radius 1 is 1.50 bits per heavy atom. The van der Waals surface area contributed by atoms with Gasteiger partial charge in [-0.15, -0.1) is 0 Å². The summed E-state index contributed by atoms with van der Waals surface area (Å²) in [6, 6.07) is 0. The number of fused-ring (bicyclic) bond motifs is 1. The second-order valence-corrected chi connectivity index (χ2v) is 2.00. The molecular weight excluding hydrogens is 164 g/mol. The molecule has 0 bridgehead atoms. The van der Waals surface area contributed by atoms with Crippen molar-refractivity contribution in [1.82, 2.24) is 15.1 Å². The van der Waals surface area contributed by atoms with E-state index in [1.807, 2.05) is 0 Å². The summed E-state index contributed by atoms with van der Waals surface area (Å²) in [4.78, 5) is 17.1. The van der Waals surface area contributed by atoms with Gasteiger partial charge in [-0.2, -0.15) is 4.98 Å². The van der Waals surface area contributed by atoms with E-state index < -0.39 is 4.92 Å². The van der Waals surface area contributed by atoms with E-state index in [2.05, 4.69) is 19.6 Å². The summed E-state index contributed by atoms with van der Waals surface area (Å²) in [7, 11) is 0. The maximum Gasteiger partial charge on any atom is 0.322 e. The molecule has 0 aromatic rings. The highest BCUT2D eigenvalue weighted by molar-refractivity contribution is 5.60. The molecule has 2 aliphatic rings. The van der Waals surface area contributed by atoms with E-state index in [-0.39, 0.29) is 17.3 Å². The fraction of sp³-hybridized carbons (Fsp3) is 0. The first-order valence-electron chi connectivity index (χ1n) is 2.99. The van der Waals surface area contributed by atoms with Gasteiger partial charge < -0.3 is 4.52 Å². The van der Waals surface area contributed by atoms with Crippen molar-refractivity contribution in [2.75, 3.05) is 0 Å². The highest BCUT2D eigenvalue weighted by Crippen LogP contribution is 2.25. The minimum atomic E-state index is -0.584. The molecular formula is C5H2N4O3. The Kier molecular flexibility index (Phi) is 1.23.